The molecule has 0 radical (unpaired) electrons. The van der Waals surface area contributed by atoms with E-state index in [1.54, 1.807) is 35.2 Å². The molecule has 0 aliphatic carbocycles. The zero-order chi connectivity index (χ0) is 18.7. The first-order valence-corrected chi connectivity index (χ1v) is 10.4. The van der Waals surface area contributed by atoms with Gasteiger partial charge in [0.2, 0.25) is 0 Å². The number of carbonyl (C=O) groups excluding carboxylic acids is 1. The van der Waals surface area contributed by atoms with Gasteiger partial charge in [0.1, 0.15) is 0 Å². The Balaban J connectivity index is 1.84. The van der Waals surface area contributed by atoms with Crippen LogP contribution in [0.3, 0.4) is 0 Å². The summed E-state index contributed by atoms with van der Waals surface area (Å²) in [5.74, 6) is -0.168. The summed E-state index contributed by atoms with van der Waals surface area (Å²) in [5, 5.41) is 9.10. The van der Waals surface area contributed by atoms with Crippen molar-refractivity contribution in [3.05, 3.63) is 54.1 Å². The van der Waals surface area contributed by atoms with E-state index in [9.17, 15) is 13.2 Å². The summed E-state index contributed by atoms with van der Waals surface area (Å²) >= 11 is 0. The molecule has 3 rings (SSSR count). The van der Waals surface area contributed by atoms with Crippen LogP contribution in [0.1, 0.15) is 23.2 Å². The van der Waals surface area contributed by atoms with Gasteiger partial charge in [-0.05, 0) is 48.2 Å². The number of benzene rings is 2. The maximum absolute atomic E-state index is 12.8. The molecule has 1 fully saturated rings. The molecule has 1 heterocycles. The van der Waals surface area contributed by atoms with E-state index < -0.39 is 9.84 Å². The molecule has 0 spiro atoms. The first-order valence-electron chi connectivity index (χ1n) is 8.48. The largest absolute Gasteiger partial charge is 0.337 e. The summed E-state index contributed by atoms with van der Waals surface area (Å²) in [6.45, 7) is 1.15. The van der Waals surface area contributed by atoms with Crippen LogP contribution in [0.15, 0.2) is 53.4 Å². The minimum absolute atomic E-state index is 0.0699. The van der Waals surface area contributed by atoms with E-state index in [0.29, 0.717) is 18.7 Å². The highest BCUT2D eigenvalue weighted by Gasteiger charge is 2.24. The zero-order valence-electron chi connectivity index (χ0n) is 14.6. The Morgan fingerprint density at radius 3 is 2.54 bits per heavy atom. The Kier molecular flexibility index (Phi) is 5.10. The van der Waals surface area contributed by atoms with Gasteiger partial charge in [-0.2, -0.15) is 5.26 Å². The molecule has 1 saturated heterocycles. The van der Waals surface area contributed by atoms with E-state index >= 15 is 0 Å². The average molecular weight is 368 g/mol. The van der Waals surface area contributed by atoms with E-state index in [1.807, 2.05) is 18.2 Å². The molecular weight excluding hydrogens is 348 g/mol. The Morgan fingerprint density at radius 2 is 1.88 bits per heavy atom. The van der Waals surface area contributed by atoms with Crippen LogP contribution in [-0.2, 0) is 9.84 Å². The van der Waals surface area contributed by atoms with Gasteiger partial charge >= 0.3 is 0 Å². The number of rotatable bonds is 3. The SMILES string of the molecule is CS(=O)(=O)c1ccc(-c2cccc(C(=O)N3CCCC(C#N)C3)c2)cc1. The second kappa shape index (κ2) is 7.30. The van der Waals surface area contributed by atoms with Crippen LogP contribution in [0.2, 0.25) is 0 Å². The van der Waals surface area contributed by atoms with E-state index in [0.717, 1.165) is 24.0 Å². The Labute approximate surface area is 153 Å². The van der Waals surface area contributed by atoms with E-state index in [2.05, 4.69) is 6.07 Å². The lowest BCUT2D eigenvalue weighted by molar-refractivity contribution is 0.0699. The van der Waals surface area contributed by atoms with Gasteiger partial charge in [0.25, 0.3) is 5.91 Å². The Bertz CT molecular complexity index is 959. The highest BCUT2D eigenvalue weighted by Crippen LogP contribution is 2.24. The van der Waals surface area contributed by atoms with E-state index in [-0.39, 0.29) is 16.7 Å². The lowest BCUT2D eigenvalue weighted by Crippen LogP contribution is -2.39. The number of nitriles is 1. The van der Waals surface area contributed by atoms with Crippen LogP contribution in [0.4, 0.5) is 0 Å². The zero-order valence-corrected chi connectivity index (χ0v) is 15.4. The molecule has 2 aromatic carbocycles. The second-order valence-corrected chi connectivity index (χ2v) is 8.61. The number of hydrogen-bond donors (Lipinski definition) is 0. The summed E-state index contributed by atoms with van der Waals surface area (Å²) in [5.41, 5.74) is 2.28. The lowest BCUT2D eigenvalue weighted by atomic mass is 9.98. The number of sulfone groups is 1. The van der Waals surface area contributed by atoms with Crippen LogP contribution >= 0.6 is 0 Å². The highest BCUT2D eigenvalue weighted by molar-refractivity contribution is 7.90. The minimum atomic E-state index is -3.23. The average Bonchev–Trinajstić information content (AvgIpc) is 2.67. The number of hydrogen-bond acceptors (Lipinski definition) is 4. The van der Waals surface area contributed by atoms with Gasteiger partial charge < -0.3 is 4.90 Å². The van der Waals surface area contributed by atoms with Gasteiger partial charge in [-0.15, -0.1) is 0 Å². The monoisotopic (exact) mass is 368 g/mol. The highest BCUT2D eigenvalue weighted by atomic mass is 32.2. The van der Waals surface area contributed by atoms with Crippen molar-refractivity contribution in [2.24, 2.45) is 5.92 Å². The minimum Gasteiger partial charge on any atom is -0.337 e. The summed E-state index contributed by atoms with van der Waals surface area (Å²) < 4.78 is 23.2. The van der Waals surface area contributed by atoms with Crippen molar-refractivity contribution in [3.8, 4) is 17.2 Å². The second-order valence-electron chi connectivity index (χ2n) is 6.60. The van der Waals surface area contributed by atoms with Crippen molar-refractivity contribution >= 4 is 15.7 Å². The standard InChI is InChI=1S/C20H20N2O3S/c1-26(24,25)19-9-7-16(8-10-19)17-5-2-6-18(12-17)20(23)22-11-3-4-15(13-21)14-22/h2,5-10,12,15H,3-4,11,14H2,1H3. The molecular formula is C20H20N2O3S. The number of likely N-dealkylation sites (tertiary alicyclic amines) is 1. The third-order valence-electron chi connectivity index (χ3n) is 4.62. The third-order valence-corrected chi connectivity index (χ3v) is 5.74. The van der Waals surface area contributed by atoms with Gasteiger partial charge in [0.15, 0.2) is 9.84 Å². The predicted molar refractivity (Wildman–Crippen MR) is 99.2 cm³/mol. The quantitative estimate of drug-likeness (QED) is 0.834. The van der Waals surface area contributed by atoms with Crippen molar-refractivity contribution in [1.82, 2.24) is 4.90 Å². The van der Waals surface area contributed by atoms with Gasteiger partial charge in [0.05, 0.1) is 16.9 Å². The van der Waals surface area contributed by atoms with Crippen molar-refractivity contribution in [2.45, 2.75) is 17.7 Å². The fourth-order valence-electron chi connectivity index (χ4n) is 3.18. The first kappa shape index (κ1) is 18.2. The molecule has 1 aliphatic rings. The van der Waals surface area contributed by atoms with E-state index in [1.165, 1.54) is 6.26 Å². The molecule has 6 heteroatoms. The predicted octanol–water partition coefficient (Wildman–Crippen LogP) is 3.13. The molecule has 5 nitrogen and oxygen atoms in total. The molecule has 1 amide bonds. The van der Waals surface area contributed by atoms with Crippen molar-refractivity contribution in [3.63, 3.8) is 0 Å². The Hall–Kier alpha value is -2.65. The number of amides is 1. The molecule has 0 saturated carbocycles. The lowest BCUT2D eigenvalue weighted by Gasteiger charge is -2.29. The molecule has 1 aliphatic heterocycles. The van der Waals surface area contributed by atoms with Crippen molar-refractivity contribution in [1.29, 1.82) is 5.26 Å². The molecule has 1 unspecified atom stereocenters. The van der Waals surface area contributed by atoms with Gasteiger partial charge in [-0.25, -0.2) is 8.42 Å². The van der Waals surface area contributed by atoms with Crippen LogP contribution in [-0.4, -0.2) is 38.6 Å². The van der Waals surface area contributed by atoms with Crippen LogP contribution < -0.4 is 0 Å². The van der Waals surface area contributed by atoms with Gasteiger partial charge in [-0.3, -0.25) is 4.79 Å². The van der Waals surface area contributed by atoms with Gasteiger partial charge in [-0.1, -0.05) is 24.3 Å². The van der Waals surface area contributed by atoms with E-state index in [4.69, 9.17) is 5.26 Å². The van der Waals surface area contributed by atoms with Crippen molar-refractivity contribution < 1.29 is 13.2 Å². The van der Waals surface area contributed by atoms with Crippen LogP contribution in [0.5, 0.6) is 0 Å². The normalized spacial score (nSPS) is 17.5. The topological polar surface area (TPSA) is 78.2 Å². The van der Waals surface area contributed by atoms with Gasteiger partial charge in [0, 0.05) is 24.9 Å². The summed E-state index contributed by atoms with van der Waals surface area (Å²) in [4.78, 5) is 14.8. The third kappa shape index (κ3) is 3.94. The maximum Gasteiger partial charge on any atom is 0.253 e. The van der Waals surface area contributed by atoms with Crippen molar-refractivity contribution in [2.75, 3.05) is 19.3 Å². The molecule has 0 bridgehead atoms. The first-order chi connectivity index (χ1) is 12.4. The molecule has 1 atom stereocenters. The Morgan fingerprint density at radius 1 is 1.15 bits per heavy atom. The summed E-state index contributed by atoms with van der Waals surface area (Å²) in [6.07, 6.45) is 2.86. The molecule has 0 N–H and O–H groups in total. The summed E-state index contributed by atoms with van der Waals surface area (Å²) in [6, 6.07) is 16.2. The molecule has 2 aromatic rings. The smallest absolute Gasteiger partial charge is 0.253 e. The maximum atomic E-state index is 12.8. The number of nitrogens with zero attached hydrogens (tertiary/aromatic N) is 2. The number of carbonyl (C=O) groups is 1. The molecule has 134 valence electrons. The van der Waals surface area contributed by atoms with Crippen LogP contribution in [0.25, 0.3) is 11.1 Å². The molecule has 0 aromatic heterocycles. The fraction of sp³-hybridized carbons (Fsp3) is 0.300. The summed E-state index contributed by atoms with van der Waals surface area (Å²) in [7, 11) is -3.23. The van der Waals surface area contributed by atoms with Crippen LogP contribution in [0, 0.1) is 17.2 Å². The number of piperidine rings is 1. The fourth-order valence-corrected chi connectivity index (χ4v) is 3.81. The molecule has 26 heavy (non-hydrogen) atoms.